The zero-order chi connectivity index (χ0) is 17.5. The Labute approximate surface area is 145 Å². The second kappa shape index (κ2) is 7.98. The number of pyridine rings is 1. The van der Waals surface area contributed by atoms with Gasteiger partial charge in [-0.3, -0.25) is 15.2 Å². The number of hydrazone groups is 1. The molecule has 2 heterocycles. The summed E-state index contributed by atoms with van der Waals surface area (Å²) in [5, 5.41) is 4.24. The molecule has 2 N–H and O–H groups in total. The summed E-state index contributed by atoms with van der Waals surface area (Å²) >= 11 is 0. The van der Waals surface area contributed by atoms with E-state index in [-0.39, 0.29) is 0 Å². The van der Waals surface area contributed by atoms with E-state index in [1.165, 1.54) is 12.7 Å². The zero-order valence-corrected chi connectivity index (χ0v) is 14.0. The van der Waals surface area contributed by atoms with Crippen molar-refractivity contribution in [1.82, 2.24) is 15.0 Å². The van der Waals surface area contributed by atoms with Gasteiger partial charge in [-0.1, -0.05) is 29.8 Å². The maximum atomic E-state index is 4.91. The summed E-state index contributed by atoms with van der Waals surface area (Å²) < 4.78 is 0. The average Bonchev–Trinajstić information content (AvgIpc) is 2.63. The average molecular weight is 334 g/mol. The predicted molar refractivity (Wildman–Crippen MR) is 98.3 cm³/mol. The van der Waals surface area contributed by atoms with Crippen molar-refractivity contribution in [1.29, 1.82) is 0 Å². The second-order valence-corrected chi connectivity index (χ2v) is 5.29. The molecule has 0 radical (unpaired) electrons. The Hall–Kier alpha value is -3.32. The molecule has 7 nitrogen and oxygen atoms in total. The third-order valence-corrected chi connectivity index (χ3v) is 3.33. The van der Waals surface area contributed by atoms with Gasteiger partial charge in [0.2, 0.25) is 5.95 Å². The van der Waals surface area contributed by atoms with Gasteiger partial charge in [0.1, 0.15) is 0 Å². The Morgan fingerprint density at radius 2 is 1.92 bits per heavy atom. The molecule has 0 atom stereocenters. The molecule has 0 saturated carbocycles. The highest BCUT2D eigenvalue weighted by atomic mass is 16.6. The number of aromatic nitrogens is 3. The summed E-state index contributed by atoms with van der Waals surface area (Å²) in [4.78, 5) is 17.6. The number of hydrogen-bond acceptors (Lipinski definition) is 7. The van der Waals surface area contributed by atoms with E-state index in [4.69, 9.17) is 4.84 Å². The maximum Gasteiger partial charge on any atom is 0.249 e. The molecule has 0 aliphatic carbocycles. The van der Waals surface area contributed by atoms with Crippen molar-refractivity contribution in [3.8, 4) is 11.3 Å². The molecule has 0 saturated heterocycles. The van der Waals surface area contributed by atoms with Crippen molar-refractivity contribution < 1.29 is 4.84 Å². The first-order chi connectivity index (χ1) is 12.2. The van der Waals surface area contributed by atoms with Crippen LogP contribution in [0.4, 0.5) is 11.8 Å². The van der Waals surface area contributed by atoms with Crippen molar-refractivity contribution in [3.05, 3.63) is 66.0 Å². The van der Waals surface area contributed by atoms with Gasteiger partial charge in [-0.05, 0) is 24.6 Å². The van der Waals surface area contributed by atoms with Crippen LogP contribution in [0.15, 0.2) is 60.0 Å². The van der Waals surface area contributed by atoms with Gasteiger partial charge in [0, 0.05) is 24.0 Å². The first kappa shape index (κ1) is 16.5. The van der Waals surface area contributed by atoms with Crippen molar-refractivity contribution in [3.63, 3.8) is 0 Å². The zero-order valence-electron chi connectivity index (χ0n) is 14.0. The molecule has 0 bridgehead atoms. The van der Waals surface area contributed by atoms with Crippen LogP contribution < -0.4 is 10.9 Å². The minimum absolute atomic E-state index is 0.338. The van der Waals surface area contributed by atoms with Crippen LogP contribution >= 0.6 is 0 Å². The highest BCUT2D eigenvalue weighted by Crippen LogP contribution is 2.20. The molecule has 3 rings (SSSR count). The lowest BCUT2D eigenvalue weighted by molar-refractivity contribution is 0.267. The Kier molecular flexibility index (Phi) is 5.28. The first-order valence-electron chi connectivity index (χ1n) is 7.69. The lowest BCUT2D eigenvalue weighted by atomic mass is 10.2. The van der Waals surface area contributed by atoms with Crippen LogP contribution in [-0.4, -0.2) is 28.3 Å². The SMILES string of the molecule is CONc1nc(N/N=C/c2cccc(C)c2)cc(-c2ccncc2)n1. The quantitative estimate of drug-likeness (QED) is 0.532. The van der Waals surface area contributed by atoms with Gasteiger partial charge in [0.05, 0.1) is 19.0 Å². The topological polar surface area (TPSA) is 84.3 Å². The Morgan fingerprint density at radius 3 is 2.68 bits per heavy atom. The van der Waals surface area contributed by atoms with Crippen LogP contribution in [0.25, 0.3) is 11.3 Å². The number of benzene rings is 1. The maximum absolute atomic E-state index is 4.91. The number of nitrogens with one attached hydrogen (secondary N) is 2. The van der Waals surface area contributed by atoms with Crippen LogP contribution in [0.1, 0.15) is 11.1 Å². The molecule has 1 aromatic carbocycles. The monoisotopic (exact) mass is 334 g/mol. The molecule has 0 aliphatic heterocycles. The second-order valence-electron chi connectivity index (χ2n) is 5.29. The smallest absolute Gasteiger partial charge is 0.249 e. The summed E-state index contributed by atoms with van der Waals surface area (Å²) in [7, 11) is 1.51. The molecular weight excluding hydrogens is 316 g/mol. The summed E-state index contributed by atoms with van der Waals surface area (Å²) in [5.41, 5.74) is 9.40. The number of nitrogens with zero attached hydrogens (tertiary/aromatic N) is 4. The molecule has 7 heteroatoms. The van der Waals surface area contributed by atoms with Gasteiger partial charge < -0.3 is 0 Å². The molecule has 0 amide bonds. The molecule has 126 valence electrons. The van der Waals surface area contributed by atoms with Crippen LogP contribution in [0.5, 0.6) is 0 Å². The normalized spacial score (nSPS) is 10.8. The Bertz CT molecular complexity index is 866. The van der Waals surface area contributed by atoms with Gasteiger partial charge in [-0.15, -0.1) is 0 Å². The molecule has 25 heavy (non-hydrogen) atoms. The number of rotatable bonds is 6. The number of anilines is 2. The van der Waals surface area contributed by atoms with E-state index < -0.39 is 0 Å². The van der Waals surface area contributed by atoms with Gasteiger partial charge in [0.15, 0.2) is 5.82 Å². The standard InChI is InChI=1S/C18H18N6O/c1-13-4-3-5-14(10-13)12-20-23-17-11-16(15-6-8-19-9-7-15)21-18(22-17)24-25-2/h3-12H,1-2H3,(H2,21,22,23,24)/b20-12+. The molecule has 2 aromatic heterocycles. The van der Waals surface area contributed by atoms with Crippen molar-refractivity contribution in [2.45, 2.75) is 6.92 Å². The summed E-state index contributed by atoms with van der Waals surface area (Å²) in [5.74, 6) is 0.885. The van der Waals surface area contributed by atoms with Crippen LogP contribution in [0, 0.1) is 6.92 Å². The van der Waals surface area contributed by atoms with E-state index in [1.807, 2.05) is 49.4 Å². The van der Waals surface area contributed by atoms with E-state index in [9.17, 15) is 0 Å². The van der Waals surface area contributed by atoms with Gasteiger partial charge >= 0.3 is 0 Å². The van der Waals surface area contributed by atoms with E-state index >= 15 is 0 Å². The fourth-order valence-corrected chi connectivity index (χ4v) is 2.24. The minimum atomic E-state index is 0.338. The third-order valence-electron chi connectivity index (χ3n) is 3.33. The van der Waals surface area contributed by atoms with Crippen molar-refractivity contribution in [2.24, 2.45) is 5.10 Å². The first-order valence-corrected chi connectivity index (χ1v) is 7.69. The van der Waals surface area contributed by atoms with Crippen LogP contribution in [0.2, 0.25) is 0 Å². The number of hydrogen-bond donors (Lipinski definition) is 2. The molecule has 0 fully saturated rings. The third kappa shape index (κ3) is 4.58. The van der Waals surface area contributed by atoms with E-state index in [2.05, 4.69) is 31.0 Å². The Morgan fingerprint density at radius 1 is 1.08 bits per heavy atom. The van der Waals surface area contributed by atoms with Crippen molar-refractivity contribution in [2.75, 3.05) is 18.0 Å². The van der Waals surface area contributed by atoms with E-state index in [0.717, 1.165) is 16.8 Å². The minimum Gasteiger partial charge on any atom is -0.277 e. The fraction of sp³-hybridized carbons (Fsp3) is 0.111. The van der Waals surface area contributed by atoms with E-state index in [0.29, 0.717) is 11.8 Å². The molecule has 0 aliphatic rings. The molecular formula is C18H18N6O. The Balaban J connectivity index is 1.83. The lowest BCUT2D eigenvalue weighted by Crippen LogP contribution is -2.04. The van der Waals surface area contributed by atoms with E-state index in [1.54, 1.807) is 18.6 Å². The van der Waals surface area contributed by atoms with Crippen molar-refractivity contribution >= 4 is 18.0 Å². The fourth-order valence-electron chi connectivity index (χ4n) is 2.24. The highest BCUT2D eigenvalue weighted by Gasteiger charge is 2.06. The van der Waals surface area contributed by atoms with Crippen LogP contribution in [-0.2, 0) is 4.84 Å². The summed E-state index contributed by atoms with van der Waals surface area (Å²) in [6.07, 6.45) is 5.17. The highest BCUT2D eigenvalue weighted by molar-refractivity contribution is 5.80. The summed E-state index contributed by atoms with van der Waals surface area (Å²) in [6.45, 7) is 2.04. The van der Waals surface area contributed by atoms with Crippen LogP contribution in [0.3, 0.4) is 0 Å². The summed E-state index contributed by atoms with van der Waals surface area (Å²) in [6, 6.07) is 13.6. The molecule has 0 spiro atoms. The largest absolute Gasteiger partial charge is 0.277 e. The van der Waals surface area contributed by atoms with Gasteiger partial charge in [0.25, 0.3) is 0 Å². The van der Waals surface area contributed by atoms with Gasteiger partial charge in [-0.25, -0.2) is 10.5 Å². The molecule has 3 aromatic rings. The predicted octanol–water partition coefficient (Wildman–Crippen LogP) is 3.27. The number of aryl methyl sites for hydroxylation is 1. The molecule has 0 unspecified atom stereocenters. The lowest BCUT2D eigenvalue weighted by Gasteiger charge is -2.08. The van der Waals surface area contributed by atoms with Gasteiger partial charge in [-0.2, -0.15) is 10.1 Å².